The summed E-state index contributed by atoms with van der Waals surface area (Å²) in [7, 11) is 0. The van der Waals surface area contributed by atoms with Gasteiger partial charge >= 0.3 is 0 Å². The summed E-state index contributed by atoms with van der Waals surface area (Å²) in [4.78, 5) is 15.4. The fourth-order valence-electron chi connectivity index (χ4n) is 7.48. The molecular weight excluding hydrogens is 653 g/mol. The van der Waals surface area contributed by atoms with Crippen LogP contribution in [0, 0.1) is 0 Å². The second-order valence-corrected chi connectivity index (χ2v) is 14.8. The molecule has 6 aromatic carbocycles. The fourth-order valence-corrected chi connectivity index (χ4v) is 8.66. The molecule has 52 heavy (non-hydrogen) atoms. The summed E-state index contributed by atoms with van der Waals surface area (Å²) in [6.07, 6.45) is 7.00. The van der Waals surface area contributed by atoms with Crippen LogP contribution in [0.15, 0.2) is 133 Å². The molecule has 9 aromatic rings. The van der Waals surface area contributed by atoms with Gasteiger partial charge < -0.3 is 4.57 Å². The lowest BCUT2D eigenvalue weighted by molar-refractivity contribution is 0.795. The summed E-state index contributed by atoms with van der Waals surface area (Å²) in [6, 6.07) is 48.1. The van der Waals surface area contributed by atoms with Crippen molar-refractivity contribution in [3.63, 3.8) is 0 Å². The van der Waals surface area contributed by atoms with Gasteiger partial charge in [0.15, 0.2) is 17.5 Å². The van der Waals surface area contributed by atoms with Gasteiger partial charge in [-0.3, -0.25) is 0 Å². The van der Waals surface area contributed by atoms with Crippen LogP contribution in [0.5, 0.6) is 0 Å². The first-order valence-electron chi connectivity index (χ1n) is 18.6. The third kappa shape index (κ3) is 5.85. The van der Waals surface area contributed by atoms with Crippen LogP contribution in [-0.4, -0.2) is 19.5 Å². The molecule has 0 spiro atoms. The van der Waals surface area contributed by atoms with Gasteiger partial charge in [0.05, 0.1) is 16.7 Å². The molecule has 0 radical (unpaired) electrons. The molecule has 0 aliphatic rings. The highest BCUT2D eigenvalue weighted by Crippen LogP contribution is 2.42. The first-order valence-corrected chi connectivity index (χ1v) is 19.4. The number of thiophene rings is 1. The zero-order valence-electron chi connectivity index (χ0n) is 29.6. The van der Waals surface area contributed by atoms with Crippen LogP contribution in [0.1, 0.15) is 50.7 Å². The van der Waals surface area contributed by atoms with Gasteiger partial charge in [0, 0.05) is 47.6 Å². The minimum Gasteiger partial charge on any atom is -0.308 e. The number of benzene rings is 6. The summed E-state index contributed by atoms with van der Waals surface area (Å²) < 4.78 is 5.06. The molecule has 9 rings (SSSR count). The van der Waals surface area contributed by atoms with Gasteiger partial charge in [0.2, 0.25) is 0 Å². The van der Waals surface area contributed by atoms with Crippen molar-refractivity contribution in [3.05, 3.63) is 145 Å². The molecule has 5 heteroatoms. The first kappa shape index (κ1) is 32.3. The molecule has 0 fully saturated rings. The van der Waals surface area contributed by atoms with Crippen LogP contribution >= 0.6 is 11.3 Å². The van der Waals surface area contributed by atoms with Crippen molar-refractivity contribution < 1.29 is 0 Å². The van der Waals surface area contributed by atoms with E-state index in [1.54, 1.807) is 0 Å². The van der Waals surface area contributed by atoms with Crippen molar-refractivity contribution in [1.29, 1.82) is 0 Å². The molecule has 0 amide bonds. The number of aromatic nitrogens is 4. The SMILES string of the molecule is CCCCc1ccc(-c2nc(-c3ccccc3)nc(-c3ccccc3-n3c4ccccc4c4cc5c(cc43)sc3cc(CCCC)ccc35)n2)cc1. The lowest BCUT2D eigenvalue weighted by atomic mass is 10.0. The van der Waals surface area contributed by atoms with Crippen molar-refractivity contribution in [2.75, 3.05) is 0 Å². The van der Waals surface area contributed by atoms with E-state index in [1.165, 1.54) is 73.3 Å². The van der Waals surface area contributed by atoms with Crippen LogP contribution in [0.4, 0.5) is 0 Å². The van der Waals surface area contributed by atoms with E-state index in [-0.39, 0.29) is 0 Å². The van der Waals surface area contributed by atoms with Crippen molar-refractivity contribution in [2.45, 2.75) is 52.4 Å². The highest BCUT2D eigenvalue weighted by molar-refractivity contribution is 7.25. The summed E-state index contributed by atoms with van der Waals surface area (Å²) in [5.74, 6) is 1.99. The molecule has 0 N–H and O–H groups in total. The maximum absolute atomic E-state index is 5.20. The maximum Gasteiger partial charge on any atom is 0.166 e. The molecule has 3 aromatic heterocycles. The molecule has 0 aliphatic heterocycles. The standard InChI is InChI=1S/C47H40N4S/c1-3-5-14-31-22-25-34(26-23-31)46-48-45(33-16-8-7-9-17-33)49-47(50-46)37-19-11-13-21-41(37)51-40-20-12-10-18-35(40)38-29-39-36-27-24-32(15-6-4-2)28-43(36)52-44(39)30-42(38)51/h7-13,16-30H,3-6,14-15H2,1-2H3. The molecule has 0 unspecified atom stereocenters. The predicted octanol–water partition coefficient (Wildman–Crippen LogP) is 13.0. The second-order valence-electron chi connectivity index (χ2n) is 13.7. The number of hydrogen-bond acceptors (Lipinski definition) is 4. The lowest BCUT2D eigenvalue weighted by Crippen LogP contribution is -2.03. The van der Waals surface area contributed by atoms with E-state index in [1.807, 2.05) is 29.5 Å². The van der Waals surface area contributed by atoms with Gasteiger partial charge in [0.1, 0.15) is 0 Å². The zero-order valence-corrected chi connectivity index (χ0v) is 30.5. The van der Waals surface area contributed by atoms with E-state index in [4.69, 9.17) is 15.0 Å². The van der Waals surface area contributed by atoms with Crippen molar-refractivity contribution >= 4 is 53.3 Å². The number of rotatable bonds is 10. The maximum atomic E-state index is 5.20. The van der Waals surface area contributed by atoms with Gasteiger partial charge in [-0.25, -0.2) is 15.0 Å². The number of para-hydroxylation sites is 2. The second kappa shape index (κ2) is 13.8. The minimum absolute atomic E-state index is 0.656. The van der Waals surface area contributed by atoms with E-state index in [9.17, 15) is 0 Å². The van der Waals surface area contributed by atoms with Crippen LogP contribution in [0.25, 0.3) is 81.8 Å². The van der Waals surface area contributed by atoms with Crippen LogP contribution in [0.2, 0.25) is 0 Å². The largest absolute Gasteiger partial charge is 0.308 e. The summed E-state index contributed by atoms with van der Waals surface area (Å²) in [5, 5.41) is 5.14. The Morgan fingerprint density at radius 2 is 1.12 bits per heavy atom. The molecule has 0 saturated carbocycles. The van der Waals surface area contributed by atoms with Gasteiger partial charge in [-0.1, -0.05) is 124 Å². The smallest absolute Gasteiger partial charge is 0.166 e. The van der Waals surface area contributed by atoms with Crippen molar-refractivity contribution in [2.24, 2.45) is 0 Å². The van der Waals surface area contributed by atoms with E-state index in [0.29, 0.717) is 17.5 Å². The molecule has 4 nitrogen and oxygen atoms in total. The molecule has 0 saturated heterocycles. The Morgan fingerprint density at radius 1 is 0.481 bits per heavy atom. The normalized spacial score (nSPS) is 11.7. The zero-order chi connectivity index (χ0) is 35.0. The predicted molar refractivity (Wildman–Crippen MR) is 221 cm³/mol. The van der Waals surface area contributed by atoms with Gasteiger partial charge in [-0.15, -0.1) is 11.3 Å². The van der Waals surface area contributed by atoms with Crippen molar-refractivity contribution in [1.82, 2.24) is 19.5 Å². The first-order chi connectivity index (χ1) is 25.7. The Hall–Kier alpha value is -5.65. The van der Waals surface area contributed by atoms with E-state index < -0.39 is 0 Å². The summed E-state index contributed by atoms with van der Waals surface area (Å²) >= 11 is 1.90. The Kier molecular flexibility index (Phi) is 8.57. The van der Waals surface area contributed by atoms with Gasteiger partial charge in [0.25, 0.3) is 0 Å². The Balaban J connectivity index is 1.24. The Labute approximate surface area is 308 Å². The number of fused-ring (bicyclic) bond motifs is 6. The number of hydrogen-bond donors (Lipinski definition) is 0. The lowest BCUT2D eigenvalue weighted by Gasteiger charge is -2.14. The minimum atomic E-state index is 0.656. The summed E-state index contributed by atoms with van der Waals surface area (Å²) in [6.45, 7) is 4.49. The topological polar surface area (TPSA) is 43.6 Å². The quantitative estimate of drug-likeness (QED) is 0.143. The van der Waals surface area contributed by atoms with E-state index >= 15 is 0 Å². The average molecular weight is 693 g/mol. The molecule has 0 aliphatic carbocycles. The fraction of sp³-hybridized carbons (Fsp3) is 0.170. The molecular formula is C47H40N4S. The monoisotopic (exact) mass is 692 g/mol. The molecule has 3 heterocycles. The Bertz CT molecular complexity index is 2700. The van der Waals surface area contributed by atoms with Gasteiger partial charge in [-0.05, 0) is 73.2 Å². The summed E-state index contributed by atoms with van der Waals surface area (Å²) in [5.41, 5.74) is 9.06. The number of aryl methyl sites for hydroxylation is 2. The average Bonchev–Trinajstić information content (AvgIpc) is 3.72. The van der Waals surface area contributed by atoms with Crippen LogP contribution < -0.4 is 0 Å². The van der Waals surface area contributed by atoms with Crippen LogP contribution in [0.3, 0.4) is 0 Å². The Morgan fingerprint density at radius 3 is 1.90 bits per heavy atom. The van der Waals surface area contributed by atoms with Crippen LogP contribution in [-0.2, 0) is 12.8 Å². The molecule has 0 bridgehead atoms. The van der Waals surface area contributed by atoms with E-state index in [2.05, 4.69) is 134 Å². The highest BCUT2D eigenvalue weighted by atomic mass is 32.1. The number of nitrogens with zero attached hydrogens (tertiary/aromatic N) is 4. The third-order valence-electron chi connectivity index (χ3n) is 10.2. The number of unbranched alkanes of at least 4 members (excludes halogenated alkanes) is 2. The van der Waals surface area contributed by atoms with Gasteiger partial charge in [-0.2, -0.15) is 0 Å². The van der Waals surface area contributed by atoms with Crippen molar-refractivity contribution in [3.8, 4) is 39.9 Å². The van der Waals surface area contributed by atoms with E-state index in [0.717, 1.165) is 40.7 Å². The highest BCUT2D eigenvalue weighted by Gasteiger charge is 2.20. The third-order valence-corrected chi connectivity index (χ3v) is 11.3. The molecule has 254 valence electrons. The molecule has 0 atom stereocenters.